The molecule has 1 aliphatic rings. The third-order valence-electron chi connectivity index (χ3n) is 4.87. The fraction of sp³-hybridized carbons (Fsp3) is 0.263. The molecular formula is C19H19N5O3. The van der Waals surface area contributed by atoms with Crippen LogP contribution in [-0.2, 0) is 0 Å². The Labute approximate surface area is 155 Å². The predicted molar refractivity (Wildman–Crippen MR) is 99.4 cm³/mol. The number of aromatic nitrogens is 3. The van der Waals surface area contributed by atoms with Gasteiger partial charge in [0.1, 0.15) is 0 Å². The van der Waals surface area contributed by atoms with Gasteiger partial charge in [-0.25, -0.2) is 4.79 Å². The topological polar surface area (TPSA) is 111 Å². The molecule has 0 spiro atoms. The van der Waals surface area contributed by atoms with Crippen molar-refractivity contribution < 1.29 is 14.7 Å². The Balaban J connectivity index is 1.53. The van der Waals surface area contributed by atoms with Gasteiger partial charge in [-0.1, -0.05) is 12.1 Å². The van der Waals surface area contributed by atoms with E-state index >= 15 is 0 Å². The number of carbonyl (C=O) groups is 2. The number of pyridine rings is 1. The number of carboxylic acid groups (broad SMARTS) is 1. The summed E-state index contributed by atoms with van der Waals surface area (Å²) >= 11 is 0. The first-order chi connectivity index (χ1) is 13.1. The van der Waals surface area contributed by atoms with E-state index in [4.69, 9.17) is 5.11 Å². The highest BCUT2D eigenvalue weighted by atomic mass is 16.4. The molecule has 1 saturated heterocycles. The molecule has 27 heavy (non-hydrogen) atoms. The second-order valence-electron chi connectivity index (χ2n) is 6.59. The maximum atomic E-state index is 12.7. The molecule has 0 unspecified atom stereocenters. The first kappa shape index (κ1) is 17.0. The van der Waals surface area contributed by atoms with Crippen LogP contribution in [0.15, 0.2) is 42.7 Å². The third kappa shape index (κ3) is 3.46. The minimum atomic E-state index is -0.916. The van der Waals surface area contributed by atoms with E-state index in [1.54, 1.807) is 12.4 Å². The van der Waals surface area contributed by atoms with E-state index in [-0.39, 0.29) is 11.9 Å². The van der Waals surface area contributed by atoms with Crippen LogP contribution in [-0.4, -0.2) is 56.3 Å². The van der Waals surface area contributed by atoms with Gasteiger partial charge in [-0.15, -0.1) is 0 Å². The van der Waals surface area contributed by atoms with E-state index in [0.717, 1.165) is 22.0 Å². The number of piperidine rings is 1. The Morgan fingerprint density at radius 3 is 2.70 bits per heavy atom. The maximum Gasteiger partial charge on any atom is 0.407 e. The van der Waals surface area contributed by atoms with Gasteiger partial charge in [0, 0.05) is 42.5 Å². The first-order valence-electron chi connectivity index (χ1n) is 8.79. The second-order valence-corrected chi connectivity index (χ2v) is 6.59. The van der Waals surface area contributed by atoms with E-state index in [2.05, 4.69) is 20.5 Å². The molecule has 1 fully saturated rings. The van der Waals surface area contributed by atoms with Crippen LogP contribution >= 0.6 is 0 Å². The number of benzene rings is 1. The van der Waals surface area contributed by atoms with E-state index in [1.807, 2.05) is 30.3 Å². The molecule has 3 aromatic rings. The van der Waals surface area contributed by atoms with Gasteiger partial charge >= 0.3 is 6.09 Å². The number of hydrogen-bond donors (Lipinski definition) is 3. The molecule has 0 saturated carbocycles. The number of H-pyrrole nitrogens is 1. The average molecular weight is 365 g/mol. The highest BCUT2D eigenvalue weighted by Crippen LogP contribution is 2.25. The van der Waals surface area contributed by atoms with Gasteiger partial charge in [0.25, 0.3) is 5.91 Å². The summed E-state index contributed by atoms with van der Waals surface area (Å²) in [6, 6.07) is 9.56. The van der Waals surface area contributed by atoms with Crippen molar-refractivity contribution in [3.05, 3.63) is 48.4 Å². The molecule has 8 nitrogen and oxygen atoms in total. The maximum absolute atomic E-state index is 12.7. The second kappa shape index (κ2) is 7.06. The molecule has 3 N–H and O–H groups in total. The fourth-order valence-corrected chi connectivity index (χ4v) is 3.37. The van der Waals surface area contributed by atoms with Crippen LogP contribution in [0.4, 0.5) is 4.79 Å². The molecule has 0 bridgehead atoms. The van der Waals surface area contributed by atoms with Crippen LogP contribution in [0.1, 0.15) is 23.3 Å². The molecule has 0 atom stereocenters. The van der Waals surface area contributed by atoms with Crippen molar-refractivity contribution >= 4 is 22.9 Å². The summed E-state index contributed by atoms with van der Waals surface area (Å²) in [5.74, 6) is -0.252. The van der Waals surface area contributed by atoms with Crippen LogP contribution < -0.4 is 5.32 Å². The van der Waals surface area contributed by atoms with Crippen LogP contribution in [0.3, 0.4) is 0 Å². The zero-order valence-corrected chi connectivity index (χ0v) is 14.6. The Hall–Kier alpha value is -3.42. The fourth-order valence-electron chi connectivity index (χ4n) is 3.37. The average Bonchev–Trinajstić information content (AvgIpc) is 3.12. The Kier molecular flexibility index (Phi) is 4.45. The number of nitrogens with zero attached hydrogens (tertiary/aromatic N) is 3. The van der Waals surface area contributed by atoms with Crippen LogP contribution in [0, 0.1) is 0 Å². The third-order valence-corrected chi connectivity index (χ3v) is 4.87. The molecule has 0 radical (unpaired) electrons. The summed E-state index contributed by atoms with van der Waals surface area (Å²) in [4.78, 5) is 29.2. The summed E-state index contributed by atoms with van der Waals surface area (Å²) in [6.45, 7) is 0.847. The van der Waals surface area contributed by atoms with Gasteiger partial charge in [0.2, 0.25) is 0 Å². The summed E-state index contributed by atoms with van der Waals surface area (Å²) in [6.07, 6.45) is 3.77. The van der Waals surface area contributed by atoms with Crippen molar-refractivity contribution in [2.75, 3.05) is 13.1 Å². The van der Waals surface area contributed by atoms with E-state index in [9.17, 15) is 9.59 Å². The number of nitrogens with one attached hydrogen (secondary N) is 2. The van der Waals surface area contributed by atoms with Gasteiger partial charge in [-0.3, -0.25) is 14.9 Å². The molecule has 1 aliphatic heterocycles. The molecule has 1 aromatic carbocycles. The summed E-state index contributed by atoms with van der Waals surface area (Å²) in [7, 11) is 0. The molecule has 8 heteroatoms. The molecule has 3 heterocycles. The molecule has 138 valence electrons. The van der Waals surface area contributed by atoms with Crippen molar-refractivity contribution in [2.45, 2.75) is 18.9 Å². The lowest BCUT2D eigenvalue weighted by Crippen LogP contribution is -2.46. The van der Waals surface area contributed by atoms with Crippen LogP contribution in [0.2, 0.25) is 0 Å². The van der Waals surface area contributed by atoms with E-state index in [0.29, 0.717) is 31.6 Å². The molecule has 4 rings (SSSR count). The smallest absolute Gasteiger partial charge is 0.407 e. The normalized spacial score (nSPS) is 15.0. The minimum Gasteiger partial charge on any atom is -0.465 e. The van der Waals surface area contributed by atoms with Crippen molar-refractivity contribution in [3.8, 4) is 11.1 Å². The highest BCUT2D eigenvalue weighted by Gasteiger charge is 2.25. The van der Waals surface area contributed by atoms with Gasteiger partial charge in [0.05, 0.1) is 5.52 Å². The van der Waals surface area contributed by atoms with Crippen molar-refractivity contribution in [2.24, 2.45) is 0 Å². The monoisotopic (exact) mass is 365 g/mol. The summed E-state index contributed by atoms with van der Waals surface area (Å²) in [5, 5.41) is 19.8. The zero-order valence-electron chi connectivity index (χ0n) is 14.6. The van der Waals surface area contributed by atoms with Crippen molar-refractivity contribution in [3.63, 3.8) is 0 Å². The van der Waals surface area contributed by atoms with Gasteiger partial charge in [-0.2, -0.15) is 5.10 Å². The van der Waals surface area contributed by atoms with Gasteiger partial charge in [-0.05, 0) is 36.6 Å². The Morgan fingerprint density at radius 1 is 1.19 bits per heavy atom. The largest absolute Gasteiger partial charge is 0.465 e. The van der Waals surface area contributed by atoms with Crippen molar-refractivity contribution in [1.29, 1.82) is 0 Å². The Bertz CT molecular complexity index is 977. The summed E-state index contributed by atoms with van der Waals surface area (Å²) in [5.41, 5.74) is 3.05. The Morgan fingerprint density at radius 2 is 2.00 bits per heavy atom. The lowest BCUT2D eigenvalue weighted by molar-refractivity contribution is 0.0904. The van der Waals surface area contributed by atoms with E-state index < -0.39 is 6.09 Å². The molecule has 0 aliphatic carbocycles. The number of carbonyl (C=O) groups excluding carboxylic acids is 1. The van der Waals surface area contributed by atoms with Crippen molar-refractivity contribution in [1.82, 2.24) is 25.4 Å². The number of rotatable bonds is 3. The number of likely N-dealkylation sites (tertiary alicyclic amines) is 1. The lowest BCUT2D eigenvalue weighted by Gasteiger charge is -2.30. The number of fused-ring (bicyclic) bond motifs is 1. The van der Waals surface area contributed by atoms with Crippen LogP contribution in [0.25, 0.3) is 22.0 Å². The summed E-state index contributed by atoms with van der Waals surface area (Å²) < 4.78 is 0. The lowest BCUT2D eigenvalue weighted by atomic mass is 10.0. The SMILES string of the molecule is O=C(NC1CCN(C(=O)O)CC1)c1n[nH]c2ccc(-c3cccnc3)cc12. The molecular weight excluding hydrogens is 346 g/mol. The predicted octanol–water partition coefficient (Wildman–Crippen LogP) is 2.50. The van der Waals surface area contributed by atoms with Gasteiger partial charge < -0.3 is 15.3 Å². The highest BCUT2D eigenvalue weighted by molar-refractivity contribution is 6.05. The quantitative estimate of drug-likeness (QED) is 0.660. The van der Waals surface area contributed by atoms with E-state index in [1.165, 1.54) is 4.90 Å². The number of amides is 2. The number of hydrogen-bond acceptors (Lipinski definition) is 4. The first-order valence-corrected chi connectivity index (χ1v) is 8.79. The minimum absolute atomic E-state index is 0.0543. The standard InChI is InChI=1S/C19H19N5O3/c25-18(21-14-5-8-24(9-6-14)19(26)27)17-15-10-12(3-4-16(15)22-23-17)13-2-1-7-20-11-13/h1-4,7,10-11,14H,5-6,8-9H2,(H,21,25)(H,22,23)(H,26,27). The number of aromatic amines is 1. The van der Waals surface area contributed by atoms with Gasteiger partial charge in [0.15, 0.2) is 5.69 Å². The van der Waals surface area contributed by atoms with Crippen LogP contribution in [0.5, 0.6) is 0 Å². The molecule has 2 amide bonds. The molecule has 2 aromatic heterocycles. The zero-order chi connectivity index (χ0) is 18.8.